The molecule has 0 aliphatic rings. The standard InChI is InChI=1S/C4H13N3.3HNO3/c5-1-3-7-4-2-6;3*2-1(3)4/h7H,1-6H2;3*(H,2,3,4). The lowest BCUT2D eigenvalue weighted by molar-refractivity contribution is -0.742. The van der Waals surface area contributed by atoms with Crippen molar-refractivity contribution in [1.29, 1.82) is 0 Å². The van der Waals surface area contributed by atoms with Crippen molar-refractivity contribution < 1.29 is 30.9 Å². The average molecular weight is 292 g/mol. The molecule has 0 aromatic carbocycles. The van der Waals surface area contributed by atoms with Crippen LogP contribution in [-0.2, 0) is 0 Å². The summed E-state index contributed by atoms with van der Waals surface area (Å²) in [5.74, 6) is 0. The van der Waals surface area contributed by atoms with Crippen molar-refractivity contribution in [3.63, 3.8) is 0 Å². The van der Waals surface area contributed by atoms with E-state index in [1.807, 2.05) is 0 Å². The first-order valence-electron chi connectivity index (χ1n) is 4.22. The number of rotatable bonds is 4. The van der Waals surface area contributed by atoms with Gasteiger partial charge in [0.25, 0.3) is 15.3 Å². The zero-order chi connectivity index (χ0) is 16.3. The molecule has 0 aromatic rings. The van der Waals surface area contributed by atoms with Crippen LogP contribution in [0.3, 0.4) is 0 Å². The Morgan fingerprint density at radius 2 is 0.947 bits per heavy atom. The molecule has 15 nitrogen and oxygen atoms in total. The first-order valence-corrected chi connectivity index (χ1v) is 4.22. The minimum Gasteiger partial charge on any atom is -0.329 e. The molecule has 19 heavy (non-hydrogen) atoms. The Hall–Kier alpha value is -2.52. The van der Waals surface area contributed by atoms with Crippen molar-refractivity contribution in [1.82, 2.24) is 5.32 Å². The smallest absolute Gasteiger partial charge is 0.291 e. The van der Waals surface area contributed by atoms with E-state index in [-0.39, 0.29) is 0 Å². The van der Waals surface area contributed by atoms with Crippen molar-refractivity contribution in [3.05, 3.63) is 30.3 Å². The van der Waals surface area contributed by atoms with E-state index in [0.29, 0.717) is 13.1 Å². The molecule has 116 valence electrons. The minimum absolute atomic E-state index is 0.694. The number of hydrogen-bond donors (Lipinski definition) is 6. The summed E-state index contributed by atoms with van der Waals surface area (Å²) in [6.45, 7) is 3.13. The monoisotopic (exact) mass is 292 g/mol. The van der Waals surface area contributed by atoms with Crippen LogP contribution in [-0.4, -0.2) is 57.1 Å². The van der Waals surface area contributed by atoms with Crippen LogP contribution in [0.2, 0.25) is 0 Å². The summed E-state index contributed by atoms with van der Waals surface area (Å²) in [5, 5.41) is 44.0. The van der Waals surface area contributed by atoms with E-state index in [1.165, 1.54) is 0 Å². The lowest BCUT2D eigenvalue weighted by Gasteiger charge is -1.95. The Kier molecular flexibility index (Phi) is 32.9. The Bertz CT molecular complexity index is 180. The Balaban J connectivity index is -0.0000000825. The highest BCUT2D eigenvalue weighted by Crippen LogP contribution is 1.49. The molecule has 0 aliphatic heterocycles. The Morgan fingerprint density at radius 1 is 0.789 bits per heavy atom. The molecule has 0 heterocycles. The predicted octanol–water partition coefficient (Wildman–Crippen LogP) is -2.55. The molecule has 0 spiro atoms. The van der Waals surface area contributed by atoms with E-state index in [1.54, 1.807) is 0 Å². The zero-order valence-electron chi connectivity index (χ0n) is 9.62. The highest BCUT2D eigenvalue weighted by atomic mass is 16.9. The van der Waals surface area contributed by atoms with Crippen molar-refractivity contribution >= 4 is 0 Å². The molecule has 0 aliphatic carbocycles. The molecule has 0 bridgehead atoms. The van der Waals surface area contributed by atoms with Gasteiger partial charge in [-0.1, -0.05) is 0 Å². The van der Waals surface area contributed by atoms with Crippen LogP contribution in [0.25, 0.3) is 0 Å². The SMILES string of the molecule is NCCNCCN.O=[N+]([O-])O.O=[N+]([O-])O.O=[N+]([O-])O. The number of hydrogen-bond acceptors (Lipinski definition) is 9. The van der Waals surface area contributed by atoms with Gasteiger partial charge < -0.3 is 32.4 Å². The highest BCUT2D eigenvalue weighted by Gasteiger charge is 1.76. The molecular weight excluding hydrogens is 276 g/mol. The van der Waals surface area contributed by atoms with E-state index in [4.69, 9.17) is 57.4 Å². The maximum absolute atomic E-state index is 8.36. The summed E-state index contributed by atoms with van der Waals surface area (Å²) in [4.78, 5) is 25.1. The second kappa shape index (κ2) is 24.6. The van der Waals surface area contributed by atoms with Crippen molar-refractivity contribution in [2.24, 2.45) is 11.5 Å². The van der Waals surface area contributed by atoms with Gasteiger partial charge in [0.2, 0.25) is 0 Å². The summed E-state index contributed by atoms with van der Waals surface area (Å²) in [6.07, 6.45) is 0. The Labute approximate surface area is 105 Å². The fraction of sp³-hybridized carbons (Fsp3) is 1.00. The molecule has 0 saturated heterocycles. The van der Waals surface area contributed by atoms with E-state index in [2.05, 4.69) is 5.32 Å². The second-order valence-electron chi connectivity index (χ2n) is 2.04. The molecule has 0 unspecified atom stereocenters. The molecule has 0 rings (SSSR count). The zero-order valence-corrected chi connectivity index (χ0v) is 9.62. The minimum atomic E-state index is -1.50. The van der Waals surface area contributed by atoms with Gasteiger partial charge in [-0.2, -0.15) is 0 Å². The maximum atomic E-state index is 8.36. The van der Waals surface area contributed by atoms with E-state index >= 15 is 0 Å². The normalized spacial score (nSPS) is 7.26. The largest absolute Gasteiger partial charge is 0.329 e. The van der Waals surface area contributed by atoms with Gasteiger partial charge in [-0.25, -0.2) is 0 Å². The summed E-state index contributed by atoms with van der Waals surface area (Å²) in [7, 11) is 0. The van der Waals surface area contributed by atoms with Gasteiger partial charge in [0.05, 0.1) is 0 Å². The van der Waals surface area contributed by atoms with Gasteiger partial charge in [0.15, 0.2) is 0 Å². The third kappa shape index (κ3) is 1280. The number of nitrogens with zero attached hydrogens (tertiary/aromatic N) is 3. The average Bonchev–Trinajstić information content (AvgIpc) is 2.15. The Morgan fingerprint density at radius 3 is 1.05 bits per heavy atom. The van der Waals surface area contributed by atoms with E-state index < -0.39 is 15.3 Å². The lowest BCUT2D eigenvalue weighted by atomic mass is 10.6. The van der Waals surface area contributed by atoms with Gasteiger partial charge in [0, 0.05) is 26.2 Å². The van der Waals surface area contributed by atoms with Gasteiger partial charge in [-0.15, -0.1) is 30.3 Å². The molecule has 0 aromatic heterocycles. The van der Waals surface area contributed by atoms with Crippen molar-refractivity contribution in [2.45, 2.75) is 0 Å². The molecule has 0 atom stereocenters. The number of nitrogens with two attached hydrogens (primary N) is 2. The first kappa shape index (κ1) is 25.4. The molecule has 0 radical (unpaired) electrons. The van der Waals surface area contributed by atoms with Gasteiger partial charge in [0.1, 0.15) is 0 Å². The van der Waals surface area contributed by atoms with Crippen LogP contribution < -0.4 is 16.8 Å². The van der Waals surface area contributed by atoms with Crippen molar-refractivity contribution in [2.75, 3.05) is 26.2 Å². The topological polar surface area (TPSA) is 254 Å². The quantitative estimate of drug-likeness (QED) is 0.178. The van der Waals surface area contributed by atoms with E-state index in [9.17, 15) is 0 Å². The van der Waals surface area contributed by atoms with Crippen molar-refractivity contribution in [3.8, 4) is 0 Å². The van der Waals surface area contributed by atoms with E-state index in [0.717, 1.165) is 13.1 Å². The third-order valence-corrected chi connectivity index (χ3v) is 0.642. The summed E-state index contributed by atoms with van der Waals surface area (Å²) < 4.78 is 0. The van der Waals surface area contributed by atoms with Crippen LogP contribution in [0.15, 0.2) is 0 Å². The summed E-state index contributed by atoms with van der Waals surface area (Å²) >= 11 is 0. The molecular formula is C4H16N6O9. The van der Waals surface area contributed by atoms with Crippen LogP contribution in [0, 0.1) is 30.3 Å². The van der Waals surface area contributed by atoms with Crippen LogP contribution in [0.1, 0.15) is 0 Å². The molecule has 8 N–H and O–H groups in total. The van der Waals surface area contributed by atoms with Crippen LogP contribution >= 0.6 is 0 Å². The van der Waals surface area contributed by atoms with Gasteiger partial charge in [-0.05, 0) is 0 Å². The summed E-state index contributed by atoms with van der Waals surface area (Å²) in [5.41, 5.74) is 10.3. The molecule has 0 saturated carbocycles. The molecule has 15 heteroatoms. The fourth-order valence-electron chi connectivity index (χ4n) is 0.329. The first-order chi connectivity index (χ1) is 8.61. The highest BCUT2D eigenvalue weighted by molar-refractivity contribution is 4.45. The second-order valence-corrected chi connectivity index (χ2v) is 2.04. The molecule has 0 fully saturated rings. The van der Waals surface area contributed by atoms with Crippen LogP contribution in [0.4, 0.5) is 0 Å². The number of nitrogens with one attached hydrogen (secondary N) is 1. The van der Waals surface area contributed by atoms with Crippen LogP contribution in [0.5, 0.6) is 0 Å². The lowest BCUT2D eigenvalue weighted by Crippen LogP contribution is -2.27. The molecule has 0 amide bonds. The predicted molar refractivity (Wildman–Crippen MR) is 57.3 cm³/mol. The fourth-order valence-corrected chi connectivity index (χ4v) is 0.329. The van der Waals surface area contributed by atoms with Gasteiger partial charge in [-0.3, -0.25) is 0 Å². The summed E-state index contributed by atoms with van der Waals surface area (Å²) in [6, 6.07) is 0. The maximum Gasteiger partial charge on any atom is 0.291 e. The third-order valence-electron chi connectivity index (χ3n) is 0.642. The van der Waals surface area contributed by atoms with Gasteiger partial charge >= 0.3 is 0 Å².